The smallest absolute Gasteiger partial charge is 0.376 e. The van der Waals surface area contributed by atoms with Crippen molar-refractivity contribution in [3.8, 4) is 11.4 Å². The summed E-state index contributed by atoms with van der Waals surface area (Å²) in [5, 5.41) is 2.97. The van der Waals surface area contributed by atoms with Crippen molar-refractivity contribution in [2.45, 2.75) is 31.0 Å². The van der Waals surface area contributed by atoms with E-state index in [9.17, 15) is 13.2 Å². The van der Waals surface area contributed by atoms with Gasteiger partial charge < -0.3 is 10.1 Å². The average Bonchev–Trinajstić information content (AvgIpc) is 2.54. The molecule has 0 amide bonds. The number of nitrogens with zero attached hydrogens (tertiary/aromatic N) is 3. The summed E-state index contributed by atoms with van der Waals surface area (Å²) in [6, 6.07) is 4.07. The highest BCUT2D eigenvalue weighted by Crippen LogP contribution is 2.35. The number of anilines is 1. The third-order valence-corrected chi connectivity index (χ3v) is 4.24. The van der Waals surface area contributed by atoms with E-state index in [4.69, 9.17) is 4.74 Å². The van der Waals surface area contributed by atoms with E-state index >= 15 is 0 Å². The van der Waals surface area contributed by atoms with E-state index in [-0.39, 0.29) is 17.2 Å². The van der Waals surface area contributed by atoms with E-state index in [0.717, 1.165) is 25.3 Å². The second kappa shape index (κ2) is 6.35. The predicted molar refractivity (Wildman–Crippen MR) is 82.3 cm³/mol. The number of nitrogens with one attached hydrogen (secondary N) is 1. The van der Waals surface area contributed by atoms with Gasteiger partial charge in [-0.1, -0.05) is 0 Å². The monoisotopic (exact) mass is 338 g/mol. The molecule has 1 aliphatic carbocycles. The van der Waals surface area contributed by atoms with Crippen molar-refractivity contribution in [1.29, 1.82) is 0 Å². The number of halogens is 3. The Hall–Kier alpha value is -2.22. The molecule has 3 rings (SSSR count). The van der Waals surface area contributed by atoms with Crippen LogP contribution in [0.2, 0.25) is 0 Å². The van der Waals surface area contributed by atoms with Gasteiger partial charge in [-0.2, -0.15) is 13.2 Å². The van der Waals surface area contributed by atoms with Crippen molar-refractivity contribution in [1.82, 2.24) is 15.0 Å². The summed E-state index contributed by atoms with van der Waals surface area (Å²) in [5.74, 6) is 0.141. The third-order valence-electron chi connectivity index (χ3n) is 4.24. The zero-order valence-corrected chi connectivity index (χ0v) is 13.1. The Kier molecular flexibility index (Phi) is 4.40. The molecule has 2 aromatic heterocycles. The van der Waals surface area contributed by atoms with Crippen LogP contribution < -0.4 is 5.32 Å². The molecule has 0 saturated heterocycles. The molecular weight excluding hydrogens is 321 g/mol. The maximum atomic E-state index is 13.1. The Morgan fingerprint density at radius 2 is 1.92 bits per heavy atom. The Balaban J connectivity index is 1.90. The molecule has 0 unspecified atom stereocenters. The minimum atomic E-state index is -4.55. The summed E-state index contributed by atoms with van der Waals surface area (Å²) in [6.45, 7) is 0.410. The van der Waals surface area contributed by atoms with Gasteiger partial charge in [-0.3, -0.25) is 4.98 Å². The first-order valence-electron chi connectivity index (χ1n) is 7.58. The fraction of sp³-hybridized carbons (Fsp3) is 0.438. The van der Waals surface area contributed by atoms with Gasteiger partial charge in [0.2, 0.25) is 0 Å². The molecule has 0 radical (unpaired) electrons. The van der Waals surface area contributed by atoms with Crippen LogP contribution in [0.3, 0.4) is 0 Å². The number of methoxy groups -OCH3 is 1. The molecule has 2 aromatic rings. The van der Waals surface area contributed by atoms with Crippen molar-refractivity contribution in [3.63, 3.8) is 0 Å². The van der Waals surface area contributed by atoms with Crippen molar-refractivity contribution < 1.29 is 17.9 Å². The lowest BCUT2D eigenvalue weighted by Gasteiger charge is -2.40. The van der Waals surface area contributed by atoms with E-state index in [0.29, 0.717) is 12.1 Å². The van der Waals surface area contributed by atoms with Crippen LogP contribution in [-0.2, 0) is 10.9 Å². The molecule has 0 bridgehead atoms. The minimum Gasteiger partial charge on any atom is -0.376 e. The predicted octanol–water partition coefficient (Wildman–Crippen LogP) is 3.54. The molecule has 1 aliphatic rings. The van der Waals surface area contributed by atoms with Crippen LogP contribution in [0.1, 0.15) is 25.0 Å². The molecule has 1 N–H and O–H groups in total. The first-order valence-corrected chi connectivity index (χ1v) is 7.58. The molecule has 0 aliphatic heterocycles. The van der Waals surface area contributed by atoms with Crippen LogP contribution in [-0.4, -0.2) is 34.2 Å². The number of aromatic nitrogens is 3. The van der Waals surface area contributed by atoms with Crippen LogP contribution >= 0.6 is 0 Å². The van der Waals surface area contributed by atoms with Gasteiger partial charge in [0.15, 0.2) is 11.5 Å². The SMILES string of the molecule is COC1(CNc2cc(C(F)(F)F)nc(-c3ccncc3)n2)CCC1. The first kappa shape index (κ1) is 16.6. The molecule has 24 heavy (non-hydrogen) atoms. The van der Waals surface area contributed by atoms with E-state index in [1.807, 2.05) is 0 Å². The fourth-order valence-electron chi connectivity index (χ4n) is 2.59. The second-order valence-corrected chi connectivity index (χ2v) is 5.79. The van der Waals surface area contributed by atoms with Gasteiger partial charge in [0.25, 0.3) is 0 Å². The largest absolute Gasteiger partial charge is 0.433 e. The Morgan fingerprint density at radius 1 is 1.21 bits per heavy atom. The van der Waals surface area contributed by atoms with Gasteiger partial charge in [0.1, 0.15) is 5.82 Å². The van der Waals surface area contributed by atoms with Crippen molar-refractivity contribution in [2.24, 2.45) is 0 Å². The zero-order chi connectivity index (χ0) is 17.2. The van der Waals surface area contributed by atoms with Crippen molar-refractivity contribution in [2.75, 3.05) is 19.0 Å². The maximum absolute atomic E-state index is 13.1. The minimum absolute atomic E-state index is 0.00908. The van der Waals surface area contributed by atoms with Crippen LogP contribution in [0.5, 0.6) is 0 Å². The number of alkyl halides is 3. The van der Waals surface area contributed by atoms with Crippen LogP contribution in [0, 0.1) is 0 Å². The molecule has 1 saturated carbocycles. The highest BCUT2D eigenvalue weighted by atomic mass is 19.4. The average molecular weight is 338 g/mol. The third kappa shape index (κ3) is 3.48. The second-order valence-electron chi connectivity index (χ2n) is 5.79. The van der Waals surface area contributed by atoms with E-state index in [1.165, 1.54) is 12.4 Å². The van der Waals surface area contributed by atoms with Gasteiger partial charge in [0, 0.05) is 37.7 Å². The normalized spacial score (nSPS) is 16.5. The standard InChI is InChI=1S/C16H17F3N4O/c1-24-15(5-2-6-15)10-21-13-9-12(16(17,18)19)22-14(23-13)11-3-7-20-8-4-11/h3-4,7-9H,2,5-6,10H2,1H3,(H,21,22,23). The lowest BCUT2D eigenvalue weighted by Crippen LogP contribution is -2.45. The summed E-state index contributed by atoms with van der Waals surface area (Å²) in [7, 11) is 1.62. The Morgan fingerprint density at radius 3 is 2.46 bits per heavy atom. The number of hydrogen-bond acceptors (Lipinski definition) is 5. The van der Waals surface area contributed by atoms with Crippen LogP contribution in [0.15, 0.2) is 30.6 Å². The molecular formula is C16H17F3N4O. The quantitative estimate of drug-likeness (QED) is 0.904. The Labute approximate surface area is 137 Å². The van der Waals surface area contributed by atoms with E-state index in [2.05, 4.69) is 20.3 Å². The van der Waals surface area contributed by atoms with Gasteiger partial charge in [0.05, 0.1) is 5.60 Å². The topological polar surface area (TPSA) is 59.9 Å². The fourth-order valence-corrected chi connectivity index (χ4v) is 2.59. The molecule has 128 valence electrons. The molecule has 0 spiro atoms. The summed E-state index contributed by atoms with van der Waals surface area (Å²) in [4.78, 5) is 11.7. The van der Waals surface area contributed by atoms with Crippen molar-refractivity contribution >= 4 is 5.82 Å². The van der Waals surface area contributed by atoms with Gasteiger partial charge in [-0.15, -0.1) is 0 Å². The van der Waals surface area contributed by atoms with E-state index in [1.54, 1.807) is 19.2 Å². The number of hydrogen-bond donors (Lipinski definition) is 1. The highest BCUT2D eigenvalue weighted by Gasteiger charge is 2.37. The molecule has 8 heteroatoms. The van der Waals surface area contributed by atoms with Crippen LogP contribution in [0.4, 0.5) is 19.0 Å². The lowest BCUT2D eigenvalue weighted by molar-refractivity contribution is -0.141. The molecule has 5 nitrogen and oxygen atoms in total. The Bertz CT molecular complexity index is 697. The summed E-state index contributed by atoms with van der Waals surface area (Å²) in [6.07, 6.45) is 1.24. The number of rotatable bonds is 5. The number of pyridine rings is 1. The summed E-state index contributed by atoms with van der Waals surface area (Å²) < 4.78 is 44.9. The molecule has 1 fully saturated rings. The van der Waals surface area contributed by atoms with E-state index < -0.39 is 11.9 Å². The van der Waals surface area contributed by atoms with Gasteiger partial charge >= 0.3 is 6.18 Å². The summed E-state index contributed by atoms with van der Waals surface area (Å²) >= 11 is 0. The van der Waals surface area contributed by atoms with Gasteiger partial charge in [-0.25, -0.2) is 9.97 Å². The first-order chi connectivity index (χ1) is 11.4. The number of ether oxygens (including phenoxy) is 1. The van der Waals surface area contributed by atoms with Crippen molar-refractivity contribution in [3.05, 3.63) is 36.3 Å². The maximum Gasteiger partial charge on any atom is 0.433 e. The molecule has 0 atom stereocenters. The van der Waals surface area contributed by atoms with Gasteiger partial charge in [-0.05, 0) is 31.4 Å². The lowest BCUT2D eigenvalue weighted by atomic mass is 9.80. The molecule has 0 aromatic carbocycles. The van der Waals surface area contributed by atoms with Crippen LogP contribution in [0.25, 0.3) is 11.4 Å². The molecule has 2 heterocycles. The summed E-state index contributed by atoms with van der Waals surface area (Å²) in [5.41, 5.74) is -0.823. The zero-order valence-electron chi connectivity index (χ0n) is 13.1. The highest BCUT2D eigenvalue weighted by molar-refractivity contribution is 5.57.